The molecule has 2 aromatic rings. The van der Waals surface area contributed by atoms with Crippen LogP contribution in [0.4, 0.5) is 11.5 Å². The van der Waals surface area contributed by atoms with Crippen LogP contribution in [-0.4, -0.2) is 36.9 Å². The predicted molar refractivity (Wildman–Crippen MR) is 137 cm³/mol. The summed E-state index contributed by atoms with van der Waals surface area (Å²) in [5.41, 5.74) is 3.82. The molecule has 1 aliphatic carbocycles. The standard InChI is InChI=1S/C27H39N5O/c1-33-23-10-7-21(8-11-23)19-31-25-15-18-30-27(32-22-5-3-2-4-6-22)26(25)24(28)12-9-20-13-16-29-17-14-20/h7-8,10-11,15,18,20,22,28-29H,2-6,9,12-14,16-17,19H2,1H3,(H2,30,31,32). The molecule has 2 aliphatic rings. The number of piperidine rings is 1. The SMILES string of the molecule is COc1ccc(CNc2ccnc(NC3CCCCC3)c2C(=N)CCC2CCNCC2)cc1. The second kappa shape index (κ2) is 12.0. The van der Waals surface area contributed by atoms with E-state index >= 15 is 0 Å². The number of methoxy groups -OCH3 is 1. The van der Waals surface area contributed by atoms with Gasteiger partial charge in [0.15, 0.2) is 0 Å². The lowest BCUT2D eigenvalue weighted by Gasteiger charge is -2.26. The van der Waals surface area contributed by atoms with E-state index in [9.17, 15) is 0 Å². The first-order valence-corrected chi connectivity index (χ1v) is 12.6. The second-order valence-electron chi connectivity index (χ2n) is 9.47. The lowest BCUT2D eigenvalue weighted by atomic mass is 9.90. The predicted octanol–water partition coefficient (Wildman–Crippen LogP) is 5.59. The first-order chi connectivity index (χ1) is 16.2. The van der Waals surface area contributed by atoms with Crippen LogP contribution in [0.15, 0.2) is 36.5 Å². The molecule has 2 heterocycles. The van der Waals surface area contributed by atoms with Crippen LogP contribution in [0.5, 0.6) is 5.75 Å². The number of ether oxygens (including phenoxy) is 1. The van der Waals surface area contributed by atoms with Gasteiger partial charge in [-0.05, 0) is 81.3 Å². The van der Waals surface area contributed by atoms with Gasteiger partial charge < -0.3 is 26.1 Å². The zero-order valence-electron chi connectivity index (χ0n) is 20.0. The fourth-order valence-electron chi connectivity index (χ4n) is 5.05. The summed E-state index contributed by atoms with van der Waals surface area (Å²) in [5.74, 6) is 2.45. The van der Waals surface area contributed by atoms with E-state index < -0.39 is 0 Å². The van der Waals surface area contributed by atoms with E-state index in [1.807, 2.05) is 24.4 Å². The van der Waals surface area contributed by atoms with Crippen molar-refractivity contribution < 1.29 is 4.74 Å². The van der Waals surface area contributed by atoms with Gasteiger partial charge in [-0.2, -0.15) is 0 Å². The highest BCUT2D eigenvalue weighted by molar-refractivity contribution is 6.07. The summed E-state index contributed by atoms with van der Waals surface area (Å²) in [6.07, 6.45) is 12.4. The number of pyridine rings is 1. The van der Waals surface area contributed by atoms with E-state index in [1.165, 1.54) is 50.5 Å². The van der Waals surface area contributed by atoms with Crippen LogP contribution >= 0.6 is 0 Å². The number of benzene rings is 1. The number of nitrogens with one attached hydrogen (secondary N) is 4. The van der Waals surface area contributed by atoms with Crippen LogP contribution in [0, 0.1) is 11.3 Å². The third-order valence-corrected chi connectivity index (χ3v) is 7.10. The number of hydrogen-bond donors (Lipinski definition) is 4. The molecule has 0 amide bonds. The maximum absolute atomic E-state index is 9.03. The van der Waals surface area contributed by atoms with Gasteiger partial charge in [0.2, 0.25) is 0 Å². The van der Waals surface area contributed by atoms with Crippen molar-refractivity contribution in [1.82, 2.24) is 10.3 Å². The van der Waals surface area contributed by atoms with Gasteiger partial charge in [0.25, 0.3) is 0 Å². The highest BCUT2D eigenvalue weighted by Crippen LogP contribution is 2.30. The Labute approximate surface area is 198 Å². The minimum absolute atomic E-state index is 0.457. The molecular weight excluding hydrogens is 410 g/mol. The molecule has 0 radical (unpaired) electrons. The zero-order valence-corrected chi connectivity index (χ0v) is 20.0. The molecule has 0 spiro atoms. The summed E-state index contributed by atoms with van der Waals surface area (Å²) >= 11 is 0. The molecular formula is C27H39N5O. The molecule has 1 aliphatic heterocycles. The summed E-state index contributed by atoms with van der Waals surface area (Å²) in [6.45, 7) is 2.91. The molecule has 1 aromatic carbocycles. The molecule has 178 valence electrons. The van der Waals surface area contributed by atoms with Crippen molar-refractivity contribution in [1.29, 1.82) is 5.41 Å². The minimum Gasteiger partial charge on any atom is -0.497 e. The Balaban J connectivity index is 1.50. The summed E-state index contributed by atoms with van der Waals surface area (Å²) in [5, 5.41) is 19.8. The summed E-state index contributed by atoms with van der Waals surface area (Å²) in [4.78, 5) is 4.71. The molecule has 1 saturated carbocycles. The van der Waals surface area contributed by atoms with Crippen molar-refractivity contribution in [2.24, 2.45) is 5.92 Å². The molecule has 1 saturated heterocycles. The van der Waals surface area contributed by atoms with Crippen LogP contribution < -0.4 is 20.7 Å². The van der Waals surface area contributed by atoms with Crippen molar-refractivity contribution in [2.75, 3.05) is 30.8 Å². The van der Waals surface area contributed by atoms with Crippen molar-refractivity contribution in [3.8, 4) is 5.75 Å². The normalized spacial score (nSPS) is 17.5. The molecule has 1 aromatic heterocycles. The molecule has 6 nitrogen and oxygen atoms in total. The van der Waals surface area contributed by atoms with Gasteiger partial charge in [0, 0.05) is 30.2 Å². The Kier molecular flexibility index (Phi) is 8.59. The number of aromatic nitrogens is 1. The highest BCUT2D eigenvalue weighted by atomic mass is 16.5. The summed E-state index contributed by atoms with van der Waals surface area (Å²) in [6, 6.07) is 10.6. The molecule has 4 rings (SSSR count). The monoisotopic (exact) mass is 449 g/mol. The molecule has 6 heteroatoms. The molecule has 0 atom stereocenters. The Morgan fingerprint density at radius 3 is 2.55 bits per heavy atom. The van der Waals surface area contributed by atoms with E-state index in [0.29, 0.717) is 24.2 Å². The Bertz CT molecular complexity index is 886. The largest absolute Gasteiger partial charge is 0.497 e. The fourth-order valence-corrected chi connectivity index (χ4v) is 5.05. The van der Waals surface area contributed by atoms with Crippen molar-refractivity contribution in [3.05, 3.63) is 47.7 Å². The van der Waals surface area contributed by atoms with Gasteiger partial charge >= 0.3 is 0 Å². The number of hydrogen-bond acceptors (Lipinski definition) is 6. The van der Waals surface area contributed by atoms with Crippen molar-refractivity contribution in [2.45, 2.75) is 70.4 Å². The lowest BCUT2D eigenvalue weighted by Crippen LogP contribution is -2.28. The van der Waals surface area contributed by atoms with Crippen LogP contribution in [0.3, 0.4) is 0 Å². The molecule has 33 heavy (non-hydrogen) atoms. The first-order valence-electron chi connectivity index (χ1n) is 12.6. The molecule has 0 unspecified atom stereocenters. The van der Waals surface area contributed by atoms with Gasteiger partial charge in [-0.3, -0.25) is 0 Å². The van der Waals surface area contributed by atoms with Gasteiger partial charge in [-0.1, -0.05) is 31.4 Å². The highest BCUT2D eigenvalue weighted by Gasteiger charge is 2.21. The van der Waals surface area contributed by atoms with Gasteiger partial charge in [-0.25, -0.2) is 4.98 Å². The number of rotatable bonds is 10. The quantitative estimate of drug-likeness (QED) is 0.355. The van der Waals surface area contributed by atoms with Crippen LogP contribution in [0.1, 0.15) is 68.9 Å². The zero-order chi connectivity index (χ0) is 22.9. The molecule has 2 fully saturated rings. The minimum atomic E-state index is 0.457. The number of anilines is 2. The summed E-state index contributed by atoms with van der Waals surface area (Å²) < 4.78 is 5.28. The fraction of sp³-hybridized carbons (Fsp3) is 0.556. The third-order valence-electron chi connectivity index (χ3n) is 7.10. The van der Waals surface area contributed by atoms with E-state index in [2.05, 4.69) is 28.1 Å². The Morgan fingerprint density at radius 2 is 1.82 bits per heavy atom. The number of nitrogens with zero attached hydrogens (tertiary/aromatic N) is 1. The van der Waals surface area contributed by atoms with Gasteiger partial charge in [0.05, 0.1) is 12.7 Å². The maximum atomic E-state index is 9.03. The van der Waals surface area contributed by atoms with Crippen LogP contribution in [0.2, 0.25) is 0 Å². The molecule has 4 N–H and O–H groups in total. The Morgan fingerprint density at radius 1 is 1.06 bits per heavy atom. The van der Waals surface area contributed by atoms with E-state index in [1.54, 1.807) is 7.11 Å². The van der Waals surface area contributed by atoms with Gasteiger partial charge in [-0.15, -0.1) is 0 Å². The van der Waals surface area contributed by atoms with E-state index in [0.717, 1.165) is 48.7 Å². The van der Waals surface area contributed by atoms with Crippen LogP contribution in [-0.2, 0) is 6.54 Å². The molecule has 0 bridgehead atoms. The van der Waals surface area contributed by atoms with Crippen LogP contribution in [0.25, 0.3) is 0 Å². The first kappa shape index (κ1) is 23.6. The Hall–Kier alpha value is -2.60. The average molecular weight is 450 g/mol. The maximum Gasteiger partial charge on any atom is 0.137 e. The topological polar surface area (TPSA) is 82.1 Å². The smallest absolute Gasteiger partial charge is 0.137 e. The third kappa shape index (κ3) is 6.70. The summed E-state index contributed by atoms with van der Waals surface area (Å²) in [7, 11) is 1.69. The second-order valence-corrected chi connectivity index (χ2v) is 9.47. The van der Waals surface area contributed by atoms with Crippen molar-refractivity contribution in [3.63, 3.8) is 0 Å². The van der Waals surface area contributed by atoms with Crippen molar-refractivity contribution >= 4 is 17.2 Å². The van der Waals surface area contributed by atoms with E-state index in [4.69, 9.17) is 15.1 Å². The van der Waals surface area contributed by atoms with Gasteiger partial charge in [0.1, 0.15) is 11.6 Å². The van der Waals surface area contributed by atoms with E-state index in [-0.39, 0.29) is 0 Å². The average Bonchev–Trinajstić information content (AvgIpc) is 2.87. The lowest BCUT2D eigenvalue weighted by molar-refractivity contribution is 0.359.